The van der Waals surface area contributed by atoms with E-state index < -0.39 is 0 Å². The van der Waals surface area contributed by atoms with E-state index >= 15 is 0 Å². The highest BCUT2D eigenvalue weighted by atomic mass is 16.1. The molecule has 4 nitrogen and oxygen atoms in total. The number of pyridine rings is 1. The van der Waals surface area contributed by atoms with Crippen LogP contribution in [0.15, 0.2) is 30.7 Å². The molecule has 0 unspecified atom stereocenters. The first-order valence-electron chi connectivity index (χ1n) is 5.78. The maximum atomic E-state index is 11.5. The Labute approximate surface area is 100 Å². The second kappa shape index (κ2) is 4.91. The Morgan fingerprint density at radius 3 is 2.71 bits per heavy atom. The second-order valence-corrected chi connectivity index (χ2v) is 3.75. The molecule has 0 spiro atoms. The number of hydrogen-bond acceptors (Lipinski definition) is 3. The number of imidazole rings is 1. The van der Waals surface area contributed by atoms with Gasteiger partial charge in [-0.05, 0) is 12.1 Å². The van der Waals surface area contributed by atoms with Crippen LogP contribution in [-0.2, 0) is 6.42 Å². The monoisotopic (exact) mass is 229 g/mol. The van der Waals surface area contributed by atoms with Gasteiger partial charge in [0.25, 0.3) is 0 Å². The van der Waals surface area contributed by atoms with E-state index in [0.717, 1.165) is 17.9 Å². The van der Waals surface area contributed by atoms with Crippen molar-refractivity contribution in [3.63, 3.8) is 0 Å². The minimum absolute atomic E-state index is 0.0675. The molecule has 2 rings (SSSR count). The van der Waals surface area contributed by atoms with Crippen LogP contribution in [0.2, 0.25) is 0 Å². The molecule has 0 aliphatic heterocycles. The summed E-state index contributed by atoms with van der Waals surface area (Å²) in [6, 6.07) is 3.66. The molecule has 0 N–H and O–H groups in total. The van der Waals surface area contributed by atoms with Crippen LogP contribution < -0.4 is 0 Å². The van der Waals surface area contributed by atoms with Gasteiger partial charge in [0.1, 0.15) is 11.5 Å². The molecule has 17 heavy (non-hydrogen) atoms. The number of hydrogen-bond donors (Lipinski definition) is 0. The molecule has 0 atom stereocenters. The third-order valence-electron chi connectivity index (χ3n) is 2.67. The van der Waals surface area contributed by atoms with Crippen molar-refractivity contribution in [2.45, 2.75) is 26.7 Å². The highest BCUT2D eigenvalue weighted by Gasteiger charge is 2.06. The number of carbonyl (C=O) groups excluding carboxylic acids is 1. The Hall–Kier alpha value is -1.97. The lowest BCUT2D eigenvalue weighted by Gasteiger charge is -2.06. The number of aryl methyl sites for hydroxylation is 1. The van der Waals surface area contributed by atoms with E-state index in [1.54, 1.807) is 18.5 Å². The summed E-state index contributed by atoms with van der Waals surface area (Å²) in [4.78, 5) is 19.9. The van der Waals surface area contributed by atoms with Gasteiger partial charge in [-0.2, -0.15) is 0 Å². The maximum Gasteiger partial charge on any atom is 0.180 e. The van der Waals surface area contributed by atoms with Crippen LogP contribution in [0.5, 0.6) is 0 Å². The summed E-state index contributed by atoms with van der Waals surface area (Å²) in [5, 5.41) is 0. The number of aromatic nitrogens is 3. The van der Waals surface area contributed by atoms with Crippen LogP contribution in [0.3, 0.4) is 0 Å². The van der Waals surface area contributed by atoms with Crippen LogP contribution >= 0.6 is 0 Å². The predicted molar refractivity (Wildman–Crippen MR) is 65.4 cm³/mol. The number of Topliss-reactive ketones (excluding diaryl/α,β-unsaturated/α-hetero) is 1. The summed E-state index contributed by atoms with van der Waals surface area (Å²) in [5.41, 5.74) is 1.46. The van der Waals surface area contributed by atoms with Gasteiger partial charge in [0.05, 0.1) is 11.9 Å². The zero-order chi connectivity index (χ0) is 12.3. The normalized spacial score (nSPS) is 10.5. The molecule has 0 fully saturated rings. The van der Waals surface area contributed by atoms with Crippen molar-refractivity contribution in [2.75, 3.05) is 0 Å². The molecule has 0 amide bonds. The van der Waals surface area contributed by atoms with E-state index in [-0.39, 0.29) is 5.78 Å². The van der Waals surface area contributed by atoms with Crippen molar-refractivity contribution in [2.24, 2.45) is 0 Å². The predicted octanol–water partition coefficient (Wildman–Crippen LogP) is 2.42. The lowest BCUT2D eigenvalue weighted by atomic mass is 10.2. The number of nitrogens with zero attached hydrogens (tertiary/aromatic N) is 3. The molecule has 0 aromatic carbocycles. The maximum absolute atomic E-state index is 11.5. The molecule has 0 bridgehead atoms. The van der Waals surface area contributed by atoms with Crippen LogP contribution in [-0.4, -0.2) is 20.3 Å². The summed E-state index contributed by atoms with van der Waals surface area (Å²) in [7, 11) is 0. The number of ketones is 1. The molecule has 88 valence electrons. The highest BCUT2D eigenvalue weighted by Crippen LogP contribution is 2.11. The van der Waals surface area contributed by atoms with Gasteiger partial charge in [-0.1, -0.05) is 13.8 Å². The van der Waals surface area contributed by atoms with E-state index in [0.29, 0.717) is 12.1 Å². The molecule has 2 heterocycles. The molecule has 0 aliphatic rings. The first-order chi connectivity index (χ1) is 8.26. The Morgan fingerprint density at radius 2 is 2.12 bits per heavy atom. The summed E-state index contributed by atoms with van der Waals surface area (Å²) in [6.45, 7) is 3.89. The lowest BCUT2D eigenvalue weighted by molar-refractivity contribution is 0.0983. The van der Waals surface area contributed by atoms with E-state index in [1.165, 1.54) is 0 Å². The molecular formula is C13H15N3O. The van der Waals surface area contributed by atoms with Gasteiger partial charge in [0.15, 0.2) is 5.78 Å². The topological polar surface area (TPSA) is 47.8 Å². The Balaban J connectivity index is 2.32. The van der Waals surface area contributed by atoms with Gasteiger partial charge in [-0.25, -0.2) is 4.98 Å². The average Bonchev–Trinajstić information content (AvgIpc) is 2.86. The zero-order valence-corrected chi connectivity index (χ0v) is 10.1. The van der Waals surface area contributed by atoms with Gasteiger partial charge in [-0.3, -0.25) is 9.78 Å². The lowest BCUT2D eigenvalue weighted by Crippen LogP contribution is -2.03. The Bertz CT molecular complexity index is 514. The third kappa shape index (κ3) is 2.25. The molecular weight excluding hydrogens is 214 g/mol. The quantitative estimate of drug-likeness (QED) is 0.756. The molecule has 2 aromatic heterocycles. The molecule has 4 heteroatoms. The van der Waals surface area contributed by atoms with E-state index in [1.807, 2.05) is 23.8 Å². The summed E-state index contributed by atoms with van der Waals surface area (Å²) in [6.07, 6.45) is 6.73. The van der Waals surface area contributed by atoms with Gasteiger partial charge < -0.3 is 4.57 Å². The second-order valence-electron chi connectivity index (χ2n) is 3.75. The first-order valence-corrected chi connectivity index (χ1v) is 5.78. The molecule has 2 aromatic rings. The fraction of sp³-hybridized carbons (Fsp3) is 0.308. The average molecular weight is 229 g/mol. The first kappa shape index (κ1) is 11.5. The smallest absolute Gasteiger partial charge is 0.180 e. The summed E-state index contributed by atoms with van der Waals surface area (Å²) < 4.78 is 1.98. The SMILES string of the molecule is CCC(=O)c1ccc(-n2ccnc2CC)cn1. The Morgan fingerprint density at radius 1 is 1.29 bits per heavy atom. The largest absolute Gasteiger partial charge is 0.302 e. The molecule has 0 aliphatic carbocycles. The zero-order valence-electron chi connectivity index (χ0n) is 10.1. The minimum atomic E-state index is 0.0675. The molecule has 0 saturated carbocycles. The van der Waals surface area contributed by atoms with Crippen molar-refractivity contribution >= 4 is 5.78 Å². The van der Waals surface area contributed by atoms with Crippen molar-refractivity contribution < 1.29 is 4.79 Å². The minimum Gasteiger partial charge on any atom is -0.302 e. The van der Waals surface area contributed by atoms with Crippen LogP contribution in [0.1, 0.15) is 36.6 Å². The standard InChI is InChI=1S/C13H15N3O/c1-3-12(17)11-6-5-10(9-15-11)16-8-7-14-13(16)4-2/h5-9H,3-4H2,1-2H3. The van der Waals surface area contributed by atoms with Crippen LogP contribution in [0.4, 0.5) is 0 Å². The summed E-state index contributed by atoms with van der Waals surface area (Å²) in [5.74, 6) is 1.05. The van der Waals surface area contributed by atoms with Crippen molar-refractivity contribution in [3.8, 4) is 5.69 Å². The highest BCUT2D eigenvalue weighted by molar-refractivity contribution is 5.93. The number of rotatable bonds is 4. The number of carbonyl (C=O) groups is 1. The van der Waals surface area contributed by atoms with E-state index in [9.17, 15) is 4.79 Å². The van der Waals surface area contributed by atoms with Gasteiger partial charge >= 0.3 is 0 Å². The fourth-order valence-electron chi connectivity index (χ4n) is 1.71. The van der Waals surface area contributed by atoms with Gasteiger partial charge in [-0.15, -0.1) is 0 Å². The molecule has 0 radical (unpaired) electrons. The van der Waals surface area contributed by atoms with Crippen molar-refractivity contribution in [1.82, 2.24) is 14.5 Å². The van der Waals surface area contributed by atoms with E-state index in [2.05, 4.69) is 16.9 Å². The fourth-order valence-corrected chi connectivity index (χ4v) is 1.71. The van der Waals surface area contributed by atoms with E-state index in [4.69, 9.17) is 0 Å². The molecule has 0 saturated heterocycles. The summed E-state index contributed by atoms with van der Waals surface area (Å²) >= 11 is 0. The van der Waals surface area contributed by atoms with Crippen molar-refractivity contribution in [3.05, 3.63) is 42.2 Å². The van der Waals surface area contributed by atoms with Crippen LogP contribution in [0, 0.1) is 0 Å². The van der Waals surface area contributed by atoms with Gasteiger partial charge in [0.2, 0.25) is 0 Å². The van der Waals surface area contributed by atoms with Gasteiger partial charge in [0, 0.05) is 25.2 Å². The Kier molecular flexibility index (Phi) is 3.32. The van der Waals surface area contributed by atoms with Crippen molar-refractivity contribution in [1.29, 1.82) is 0 Å². The van der Waals surface area contributed by atoms with Crippen LogP contribution in [0.25, 0.3) is 5.69 Å². The third-order valence-corrected chi connectivity index (χ3v) is 2.67.